The fourth-order valence-corrected chi connectivity index (χ4v) is 4.08. The van der Waals surface area contributed by atoms with Gasteiger partial charge in [-0.1, -0.05) is 24.5 Å². The molecule has 3 amide bonds. The van der Waals surface area contributed by atoms with E-state index in [0.717, 1.165) is 44.9 Å². The van der Waals surface area contributed by atoms with E-state index in [0.29, 0.717) is 6.54 Å². The fourth-order valence-electron chi connectivity index (χ4n) is 4.08. The van der Waals surface area contributed by atoms with Crippen molar-refractivity contribution in [2.24, 2.45) is 11.8 Å². The first-order valence-electron chi connectivity index (χ1n) is 8.96. The molecule has 2 atom stereocenters. The van der Waals surface area contributed by atoms with Crippen molar-refractivity contribution in [1.29, 1.82) is 0 Å². The molecule has 0 radical (unpaired) electrons. The molecule has 3 rings (SSSR count). The third-order valence-electron chi connectivity index (χ3n) is 5.39. The highest BCUT2D eigenvalue weighted by atomic mass is 16.2. The van der Waals surface area contributed by atoms with Gasteiger partial charge >= 0.3 is 0 Å². The monoisotopic (exact) mass is 318 g/mol. The lowest BCUT2D eigenvalue weighted by molar-refractivity contribution is -0.143. The van der Waals surface area contributed by atoms with Crippen LogP contribution in [-0.2, 0) is 14.4 Å². The highest BCUT2D eigenvalue weighted by Crippen LogP contribution is 2.37. The molecule has 0 aromatic carbocycles. The van der Waals surface area contributed by atoms with Crippen molar-refractivity contribution in [2.45, 2.75) is 57.8 Å². The minimum Gasteiger partial charge on any atom is -0.354 e. The molecule has 1 heterocycles. The van der Waals surface area contributed by atoms with E-state index in [1.165, 1.54) is 23.3 Å². The normalized spacial score (nSPS) is 27.7. The van der Waals surface area contributed by atoms with Gasteiger partial charge in [0.05, 0.1) is 11.8 Å². The maximum atomic E-state index is 12.3. The molecule has 5 nitrogen and oxygen atoms in total. The number of nitrogens with one attached hydrogen (secondary N) is 1. The molecule has 23 heavy (non-hydrogen) atoms. The predicted molar refractivity (Wildman–Crippen MR) is 86.3 cm³/mol. The Labute approximate surface area is 137 Å². The number of amides is 3. The van der Waals surface area contributed by atoms with Crippen LogP contribution < -0.4 is 5.32 Å². The Bertz CT molecular complexity index is 502. The van der Waals surface area contributed by atoms with Gasteiger partial charge in [-0.2, -0.15) is 0 Å². The van der Waals surface area contributed by atoms with Gasteiger partial charge in [0, 0.05) is 6.54 Å². The third kappa shape index (κ3) is 3.65. The van der Waals surface area contributed by atoms with Gasteiger partial charge < -0.3 is 5.32 Å². The van der Waals surface area contributed by atoms with Crippen molar-refractivity contribution in [1.82, 2.24) is 10.2 Å². The van der Waals surface area contributed by atoms with Crippen LogP contribution in [0.25, 0.3) is 0 Å². The quantitative estimate of drug-likeness (QED) is 0.624. The van der Waals surface area contributed by atoms with Crippen LogP contribution in [-0.4, -0.2) is 35.7 Å². The van der Waals surface area contributed by atoms with E-state index in [4.69, 9.17) is 0 Å². The van der Waals surface area contributed by atoms with Crippen LogP contribution in [0.5, 0.6) is 0 Å². The summed E-state index contributed by atoms with van der Waals surface area (Å²) < 4.78 is 0. The smallest absolute Gasteiger partial charge is 0.240 e. The summed E-state index contributed by atoms with van der Waals surface area (Å²) >= 11 is 0. The van der Waals surface area contributed by atoms with Crippen molar-refractivity contribution in [2.75, 3.05) is 13.1 Å². The first kappa shape index (κ1) is 16.2. The molecule has 2 aliphatic carbocycles. The minimum atomic E-state index is -0.221. The van der Waals surface area contributed by atoms with Crippen LogP contribution in [0.1, 0.15) is 57.8 Å². The molecule has 2 fully saturated rings. The summed E-state index contributed by atoms with van der Waals surface area (Å²) in [6.07, 6.45) is 11.5. The maximum Gasteiger partial charge on any atom is 0.240 e. The van der Waals surface area contributed by atoms with E-state index in [-0.39, 0.29) is 36.1 Å². The molecular formula is C18H26N2O3. The van der Waals surface area contributed by atoms with E-state index in [2.05, 4.69) is 11.4 Å². The topological polar surface area (TPSA) is 66.5 Å². The molecule has 1 saturated carbocycles. The third-order valence-corrected chi connectivity index (χ3v) is 5.39. The summed E-state index contributed by atoms with van der Waals surface area (Å²) in [4.78, 5) is 37.9. The number of imide groups is 1. The van der Waals surface area contributed by atoms with Crippen molar-refractivity contribution >= 4 is 17.7 Å². The predicted octanol–water partition coefficient (Wildman–Crippen LogP) is 2.17. The lowest BCUT2D eigenvalue weighted by atomic mass is 9.81. The number of nitrogens with zero attached hydrogens (tertiary/aromatic N) is 1. The Morgan fingerprint density at radius 3 is 2.39 bits per heavy atom. The molecule has 1 aliphatic heterocycles. The maximum absolute atomic E-state index is 12.3. The Balaban J connectivity index is 1.46. The van der Waals surface area contributed by atoms with Gasteiger partial charge in [-0.25, -0.2) is 0 Å². The summed E-state index contributed by atoms with van der Waals surface area (Å²) in [6.45, 7) is 0.484. The van der Waals surface area contributed by atoms with Crippen LogP contribution in [0.2, 0.25) is 0 Å². The second-order valence-electron chi connectivity index (χ2n) is 6.97. The average Bonchev–Trinajstić information content (AvgIpc) is 2.81. The van der Waals surface area contributed by atoms with Gasteiger partial charge in [-0.3, -0.25) is 19.3 Å². The summed E-state index contributed by atoms with van der Waals surface area (Å²) in [5, 5.41) is 2.85. The number of fused-ring (bicyclic) bond motifs is 1. The molecule has 0 aromatic rings. The number of carbonyl (C=O) groups excluding carboxylic acids is 3. The second-order valence-corrected chi connectivity index (χ2v) is 6.97. The zero-order valence-electron chi connectivity index (χ0n) is 13.7. The number of likely N-dealkylation sites (tertiary alicyclic amines) is 1. The molecule has 1 saturated heterocycles. The largest absolute Gasteiger partial charge is 0.354 e. The number of carbonyl (C=O) groups is 3. The van der Waals surface area contributed by atoms with Crippen molar-refractivity contribution in [3.05, 3.63) is 11.6 Å². The number of hydrogen-bond donors (Lipinski definition) is 1. The zero-order valence-corrected chi connectivity index (χ0v) is 13.7. The lowest BCUT2D eigenvalue weighted by Gasteiger charge is -2.19. The van der Waals surface area contributed by atoms with Gasteiger partial charge in [0.15, 0.2) is 0 Å². The number of allylic oxidation sites excluding steroid dienone is 1. The minimum absolute atomic E-state index is 0.107. The van der Waals surface area contributed by atoms with Gasteiger partial charge in [-0.05, 0) is 44.9 Å². The average molecular weight is 318 g/mol. The summed E-state index contributed by atoms with van der Waals surface area (Å²) in [6, 6.07) is 0. The van der Waals surface area contributed by atoms with Crippen molar-refractivity contribution in [3.8, 4) is 0 Å². The summed E-state index contributed by atoms with van der Waals surface area (Å²) in [5.74, 6) is -0.829. The van der Waals surface area contributed by atoms with Crippen LogP contribution >= 0.6 is 0 Å². The highest BCUT2D eigenvalue weighted by molar-refractivity contribution is 6.07. The van der Waals surface area contributed by atoms with Crippen LogP contribution in [0, 0.1) is 11.8 Å². The summed E-state index contributed by atoms with van der Waals surface area (Å²) in [7, 11) is 0. The van der Waals surface area contributed by atoms with Crippen LogP contribution in [0.15, 0.2) is 11.6 Å². The van der Waals surface area contributed by atoms with E-state index in [1.807, 2.05) is 0 Å². The first-order valence-corrected chi connectivity index (χ1v) is 8.96. The summed E-state index contributed by atoms with van der Waals surface area (Å²) in [5.41, 5.74) is 1.41. The molecule has 0 bridgehead atoms. The SMILES string of the molecule is O=C(CN1C(=O)[C@H]2CCCC[C@H]2C1=O)NCCC1=CCCCC1. The second kappa shape index (κ2) is 7.28. The number of hydrogen-bond acceptors (Lipinski definition) is 3. The van der Waals surface area contributed by atoms with Crippen LogP contribution in [0.4, 0.5) is 0 Å². The standard InChI is InChI=1S/C18H26N2O3/c21-16(19-11-10-13-6-2-1-3-7-13)12-20-17(22)14-8-4-5-9-15(14)18(20)23/h6,14-15H,1-5,7-12H2,(H,19,21)/t14-,15+. The molecular weight excluding hydrogens is 292 g/mol. The fraction of sp³-hybridized carbons (Fsp3) is 0.722. The molecule has 5 heteroatoms. The Morgan fingerprint density at radius 1 is 1.09 bits per heavy atom. The molecule has 3 aliphatic rings. The Morgan fingerprint density at radius 2 is 1.78 bits per heavy atom. The first-order chi connectivity index (χ1) is 11.2. The van der Waals surface area contributed by atoms with Gasteiger partial charge in [0.25, 0.3) is 0 Å². The van der Waals surface area contributed by atoms with Gasteiger partial charge in [-0.15, -0.1) is 0 Å². The molecule has 1 N–H and O–H groups in total. The van der Waals surface area contributed by atoms with E-state index >= 15 is 0 Å². The van der Waals surface area contributed by atoms with E-state index in [9.17, 15) is 14.4 Å². The lowest BCUT2D eigenvalue weighted by Crippen LogP contribution is -2.41. The molecule has 126 valence electrons. The molecule has 0 spiro atoms. The van der Waals surface area contributed by atoms with Crippen molar-refractivity contribution in [3.63, 3.8) is 0 Å². The van der Waals surface area contributed by atoms with E-state index < -0.39 is 0 Å². The number of rotatable bonds is 5. The van der Waals surface area contributed by atoms with E-state index in [1.54, 1.807) is 0 Å². The van der Waals surface area contributed by atoms with Crippen LogP contribution in [0.3, 0.4) is 0 Å². The Kier molecular flexibility index (Phi) is 5.13. The highest BCUT2D eigenvalue weighted by Gasteiger charge is 2.48. The Hall–Kier alpha value is -1.65. The van der Waals surface area contributed by atoms with Gasteiger partial charge in [0.1, 0.15) is 6.54 Å². The van der Waals surface area contributed by atoms with Gasteiger partial charge in [0.2, 0.25) is 17.7 Å². The molecule has 0 unspecified atom stereocenters. The zero-order chi connectivity index (χ0) is 16.2. The molecule has 0 aromatic heterocycles. The van der Waals surface area contributed by atoms with Crippen molar-refractivity contribution < 1.29 is 14.4 Å².